The Balaban J connectivity index is 1.63. The minimum atomic E-state index is -3.99. The maximum Gasteiger partial charge on any atom is 0.254 e. The van der Waals surface area contributed by atoms with E-state index in [1.807, 2.05) is 18.2 Å². The van der Waals surface area contributed by atoms with Gasteiger partial charge in [0.2, 0.25) is 10.0 Å². The lowest BCUT2D eigenvalue weighted by atomic mass is 10.0. The number of carbonyl (C=O) groups excluding carboxylic acids is 1. The number of hydrogen-bond acceptors (Lipinski definition) is 3. The van der Waals surface area contributed by atoms with Crippen LogP contribution in [0.1, 0.15) is 47.6 Å². The van der Waals surface area contributed by atoms with Gasteiger partial charge in [0.25, 0.3) is 5.91 Å². The summed E-state index contributed by atoms with van der Waals surface area (Å²) in [7, 11) is -3.99. The van der Waals surface area contributed by atoms with E-state index in [9.17, 15) is 17.6 Å². The lowest BCUT2D eigenvalue weighted by Gasteiger charge is -2.25. The highest BCUT2D eigenvalue weighted by molar-refractivity contribution is 7.89. The fourth-order valence-electron chi connectivity index (χ4n) is 3.56. The van der Waals surface area contributed by atoms with E-state index in [2.05, 4.69) is 4.72 Å². The molecule has 2 aliphatic rings. The monoisotopic (exact) mass is 422 g/mol. The van der Waals surface area contributed by atoms with Crippen LogP contribution in [-0.4, -0.2) is 31.8 Å². The third-order valence-electron chi connectivity index (χ3n) is 5.11. The normalized spacial score (nSPS) is 19.8. The Morgan fingerprint density at radius 3 is 2.64 bits per heavy atom. The smallest absolute Gasteiger partial charge is 0.254 e. The van der Waals surface area contributed by atoms with Gasteiger partial charge in [-0.05, 0) is 61.6 Å². The van der Waals surface area contributed by atoms with Crippen LogP contribution in [-0.2, 0) is 10.0 Å². The number of halogens is 2. The number of nitrogens with zero attached hydrogens (tertiary/aromatic N) is 1. The number of likely N-dealkylation sites (tertiary alicyclic amines) is 1. The lowest BCUT2D eigenvalue weighted by molar-refractivity contribution is 0.0735. The Hall–Kier alpha value is -1.96. The standard InChI is InChI=1S/C20H20ClFN2O3S/c21-15-4-1-3-13(11-15)18-5-2-10-24(18)20(25)14-6-9-17(22)19(12-14)28(26,27)23-16-7-8-16/h1,3-4,6,9,11-12,16,18,23H,2,5,7-8,10H2. The molecule has 4 rings (SSSR count). The predicted molar refractivity (Wildman–Crippen MR) is 104 cm³/mol. The first-order valence-corrected chi connectivity index (χ1v) is 11.1. The van der Waals surface area contributed by atoms with Crippen molar-refractivity contribution in [1.82, 2.24) is 9.62 Å². The van der Waals surface area contributed by atoms with Gasteiger partial charge in [0, 0.05) is 23.2 Å². The van der Waals surface area contributed by atoms with Gasteiger partial charge >= 0.3 is 0 Å². The van der Waals surface area contributed by atoms with Gasteiger partial charge in [-0.25, -0.2) is 17.5 Å². The molecular formula is C20H20ClFN2O3S. The molecule has 0 aromatic heterocycles. The Morgan fingerprint density at radius 2 is 1.93 bits per heavy atom. The average molecular weight is 423 g/mol. The van der Waals surface area contributed by atoms with Crippen molar-refractivity contribution in [1.29, 1.82) is 0 Å². The van der Waals surface area contributed by atoms with Gasteiger partial charge < -0.3 is 4.90 Å². The van der Waals surface area contributed by atoms with Crippen LogP contribution in [0, 0.1) is 5.82 Å². The second-order valence-electron chi connectivity index (χ2n) is 7.25. The zero-order chi connectivity index (χ0) is 19.9. The molecule has 1 amide bonds. The van der Waals surface area contributed by atoms with Gasteiger partial charge in [-0.15, -0.1) is 0 Å². The third kappa shape index (κ3) is 3.92. The van der Waals surface area contributed by atoms with E-state index in [4.69, 9.17) is 11.6 Å². The van der Waals surface area contributed by atoms with Crippen LogP contribution in [0.4, 0.5) is 4.39 Å². The van der Waals surface area contributed by atoms with E-state index in [0.717, 1.165) is 43.4 Å². The van der Waals surface area contributed by atoms with Crippen LogP contribution < -0.4 is 4.72 Å². The zero-order valence-corrected chi connectivity index (χ0v) is 16.6. The van der Waals surface area contributed by atoms with E-state index in [1.54, 1.807) is 11.0 Å². The number of amides is 1. The summed E-state index contributed by atoms with van der Waals surface area (Å²) in [5, 5.41) is 0.595. The van der Waals surface area contributed by atoms with Gasteiger partial charge in [-0.3, -0.25) is 4.79 Å². The molecule has 1 atom stereocenters. The Kier molecular flexibility index (Phi) is 5.16. The van der Waals surface area contributed by atoms with E-state index < -0.39 is 20.7 Å². The molecule has 5 nitrogen and oxygen atoms in total. The predicted octanol–water partition coefficient (Wildman–Crippen LogP) is 3.90. The topological polar surface area (TPSA) is 66.5 Å². The molecule has 1 aliphatic carbocycles. The molecule has 0 radical (unpaired) electrons. The van der Waals surface area contributed by atoms with E-state index in [1.165, 1.54) is 6.07 Å². The van der Waals surface area contributed by atoms with Gasteiger partial charge in [0.05, 0.1) is 6.04 Å². The quantitative estimate of drug-likeness (QED) is 0.794. The van der Waals surface area contributed by atoms with Gasteiger partial charge in [0.15, 0.2) is 0 Å². The van der Waals surface area contributed by atoms with E-state index in [-0.39, 0.29) is 23.6 Å². The first kappa shape index (κ1) is 19.4. The van der Waals surface area contributed by atoms with Crippen molar-refractivity contribution in [3.05, 3.63) is 64.4 Å². The number of rotatable bonds is 5. The fraction of sp³-hybridized carbons (Fsp3) is 0.350. The molecule has 1 saturated carbocycles. The van der Waals surface area contributed by atoms with Crippen molar-refractivity contribution >= 4 is 27.5 Å². The SMILES string of the molecule is O=C(c1ccc(F)c(S(=O)(=O)NC2CC2)c1)N1CCCC1c1cccc(Cl)c1. The van der Waals surface area contributed by atoms with Crippen LogP contribution in [0.2, 0.25) is 5.02 Å². The highest BCUT2D eigenvalue weighted by Crippen LogP contribution is 2.34. The average Bonchev–Trinajstić information content (AvgIpc) is 3.32. The molecule has 1 heterocycles. The minimum Gasteiger partial charge on any atom is -0.332 e. The summed E-state index contributed by atoms with van der Waals surface area (Å²) in [6.07, 6.45) is 3.11. The summed E-state index contributed by atoms with van der Waals surface area (Å²) >= 11 is 6.08. The largest absolute Gasteiger partial charge is 0.332 e. The molecule has 1 N–H and O–H groups in total. The van der Waals surface area contributed by atoms with Crippen molar-refractivity contribution < 1.29 is 17.6 Å². The molecule has 148 valence electrons. The summed E-state index contributed by atoms with van der Waals surface area (Å²) in [5.74, 6) is -1.18. The maximum atomic E-state index is 14.2. The Bertz CT molecular complexity index is 1020. The summed E-state index contributed by atoms with van der Waals surface area (Å²) in [6, 6.07) is 10.6. The molecule has 1 aliphatic heterocycles. The first-order valence-electron chi connectivity index (χ1n) is 9.23. The van der Waals surface area contributed by atoms with E-state index in [0.29, 0.717) is 11.6 Å². The highest BCUT2D eigenvalue weighted by atomic mass is 35.5. The second-order valence-corrected chi connectivity index (χ2v) is 9.37. The molecule has 0 bridgehead atoms. The van der Waals surface area contributed by atoms with Crippen molar-refractivity contribution in [3.8, 4) is 0 Å². The zero-order valence-electron chi connectivity index (χ0n) is 15.1. The van der Waals surface area contributed by atoms with Crippen LogP contribution in [0.5, 0.6) is 0 Å². The summed E-state index contributed by atoms with van der Waals surface area (Å²) in [6.45, 7) is 0.551. The highest BCUT2D eigenvalue weighted by Gasteiger charge is 2.33. The van der Waals surface area contributed by atoms with Gasteiger partial charge in [-0.2, -0.15) is 0 Å². The summed E-state index contributed by atoms with van der Waals surface area (Å²) in [4.78, 5) is 14.3. The first-order chi connectivity index (χ1) is 13.3. The van der Waals surface area contributed by atoms with Crippen molar-refractivity contribution in [2.45, 2.75) is 42.7 Å². The summed E-state index contributed by atoms with van der Waals surface area (Å²) in [5.41, 5.74) is 1.09. The number of carbonyl (C=O) groups is 1. The van der Waals surface area contributed by atoms with E-state index >= 15 is 0 Å². The molecule has 1 saturated heterocycles. The van der Waals surface area contributed by atoms with Crippen LogP contribution >= 0.6 is 11.6 Å². The minimum absolute atomic E-state index is 0.138. The maximum absolute atomic E-state index is 14.2. The molecular weight excluding hydrogens is 403 g/mol. The number of nitrogens with one attached hydrogen (secondary N) is 1. The number of hydrogen-bond donors (Lipinski definition) is 1. The summed E-state index contributed by atoms with van der Waals surface area (Å²) < 4.78 is 41.5. The molecule has 1 unspecified atom stereocenters. The van der Waals surface area contributed by atoms with Gasteiger partial charge in [-0.1, -0.05) is 23.7 Å². The molecule has 28 heavy (non-hydrogen) atoms. The third-order valence-corrected chi connectivity index (χ3v) is 6.88. The molecule has 0 spiro atoms. The Labute approximate surface area is 168 Å². The van der Waals surface area contributed by atoms with Crippen LogP contribution in [0.15, 0.2) is 47.4 Å². The molecule has 8 heteroatoms. The van der Waals surface area contributed by atoms with Gasteiger partial charge in [0.1, 0.15) is 10.7 Å². The lowest BCUT2D eigenvalue weighted by Crippen LogP contribution is -2.31. The van der Waals surface area contributed by atoms with Crippen molar-refractivity contribution in [2.75, 3.05) is 6.54 Å². The number of sulfonamides is 1. The molecule has 2 aromatic carbocycles. The molecule has 2 aromatic rings. The van der Waals surface area contributed by atoms with Crippen molar-refractivity contribution in [3.63, 3.8) is 0 Å². The fourth-order valence-corrected chi connectivity index (χ4v) is 5.17. The second kappa shape index (κ2) is 7.46. The Morgan fingerprint density at radius 1 is 1.14 bits per heavy atom. The van der Waals surface area contributed by atoms with Crippen LogP contribution in [0.25, 0.3) is 0 Å². The molecule has 2 fully saturated rings. The van der Waals surface area contributed by atoms with Crippen LogP contribution in [0.3, 0.4) is 0 Å². The number of benzene rings is 2. The van der Waals surface area contributed by atoms with Crippen molar-refractivity contribution in [2.24, 2.45) is 0 Å².